The average Bonchev–Trinajstić information content (AvgIpc) is 3.06. The Balaban J connectivity index is 2.05. The highest BCUT2D eigenvalue weighted by molar-refractivity contribution is 5.88. The van der Waals surface area contributed by atoms with Crippen LogP contribution in [0.25, 0.3) is 10.9 Å². The Morgan fingerprint density at radius 1 is 1.30 bits per heavy atom. The molecule has 1 atom stereocenters. The Hall–Kier alpha value is -1.81. The molecule has 0 radical (unpaired) electrons. The van der Waals surface area contributed by atoms with E-state index in [-0.39, 0.29) is 11.9 Å². The first-order chi connectivity index (χ1) is 11.0. The lowest BCUT2D eigenvalue weighted by molar-refractivity contribution is -0.144. The van der Waals surface area contributed by atoms with E-state index >= 15 is 0 Å². The molecule has 2 aromatic rings. The van der Waals surface area contributed by atoms with Crippen molar-refractivity contribution < 1.29 is 9.53 Å². The van der Waals surface area contributed by atoms with E-state index in [1.54, 1.807) is 0 Å². The van der Waals surface area contributed by atoms with Crippen LogP contribution in [0.15, 0.2) is 12.1 Å². The maximum absolute atomic E-state index is 11.8. The molecule has 3 rings (SSSR count). The lowest BCUT2D eigenvalue weighted by atomic mass is 9.97. The van der Waals surface area contributed by atoms with E-state index in [9.17, 15) is 4.79 Å². The predicted octanol–water partition coefficient (Wildman–Crippen LogP) is 3.17. The summed E-state index contributed by atoms with van der Waals surface area (Å²) in [7, 11) is 3.57. The summed E-state index contributed by atoms with van der Waals surface area (Å²) in [5, 5.41) is 1.29. The first kappa shape index (κ1) is 16.1. The molecule has 0 amide bonds. The minimum absolute atomic E-state index is 0.121. The second kappa shape index (κ2) is 6.00. The van der Waals surface area contributed by atoms with Crippen LogP contribution in [0.1, 0.15) is 36.2 Å². The molecule has 0 N–H and O–H groups in total. The number of rotatable bonds is 4. The second-order valence-electron chi connectivity index (χ2n) is 6.69. The summed E-state index contributed by atoms with van der Waals surface area (Å²) in [6, 6.07) is 4.67. The van der Waals surface area contributed by atoms with Crippen molar-refractivity contribution >= 4 is 16.9 Å². The van der Waals surface area contributed by atoms with Gasteiger partial charge in [0.1, 0.15) is 0 Å². The van der Waals surface area contributed by atoms with Gasteiger partial charge < -0.3 is 9.30 Å². The predicted molar refractivity (Wildman–Crippen MR) is 92.3 cm³/mol. The summed E-state index contributed by atoms with van der Waals surface area (Å²) in [5.74, 6) is -0.260. The van der Waals surface area contributed by atoms with Gasteiger partial charge in [0, 0.05) is 36.7 Å². The highest BCUT2D eigenvalue weighted by Crippen LogP contribution is 2.33. The van der Waals surface area contributed by atoms with Crippen LogP contribution < -0.4 is 0 Å². The molecule has 0 bridgehead atoms. The molecule has 1 aromatic heterocycles. The minimum Gasteiger partial charge on any atom is -0.469 e. The Bertz CT molecular complexity index is 761. The van der Waals surface area contributed by atoms with Crippen LogP contribution in [-0.4, -0.2) is 29.1 Å². The number of ether oxygens (including phenoxy) is 1. The van der Waals surface area contributed by atoms with Crippen molar-refractivity contribution in [1.82, 2.24) is 9.47 Å². The molecule has 4 nitrogen and oxygen atoms in total. The third-order valence-corrected chi connectivity index (χ3v) is 5.29. The van der Waals surface area contributed by atoms with E-state index in [0.29, 0.717) is 0 Å². The van der Waals surface area contributed by atoms with Gasteiger partial charge in [0.05, 0.1) is 13.0 Å². The normalized spacial score (nSPS) is 15.9. The number of nitrogens with zero attached hydrogens (tertiary/aromatic N) is 2. The Morgan fingerprint density at radius 3 is 2.57 bits per heavy atom. The van der Waals surface area contributed by atoms with Crippen molar-refractivity contribution in [3.05, 3.63) is 34.5 Å². The lowest BCUT2D eigenvalue weighted by Gasteiger charge is -2.10. The molecule has 1 aliphatic rings. The summed E-state index contributed by atoms with van der Waals surface area (Å²) in [6.45, 7) is 9.44. The quantitative estimate of drug-likeness (QED) is 0.813. The van der Waals surface area contributed by atoms with Gasteiger partial charge >= 0.3 is 5.97 Å². The number of carbonyl (C=O) groups is 1. The Kier molecular flexibility index (Phi) is 4.19. The van der Waals surface area contributed by atoms with Crippen LogP contribution in [0.4, 0.5) is 0 Å². The smallest absolute Gasteiger partial charge is 0.308 e. The van der Waals surface area contributed by atoms with Crippen LogP contribution in [0.5, 0.6) is 0 Å². The van der Waals surface area contributed by atoms with Crippen molar-refractivity contribution in [3.63, 3.8) is 0 Å². The van der Waals surface area contributed by atoms with Crippen molar-refractivity contribution in [2.24, 2.45) is 13.0 Å². The van der Waals surface area contributed by atoms with Gasteiger partial charge in [-0.05, 0) is 48.7 Å². The molecule has 1 unspecified atom stereocenters. The van der Waals surface area contributed by atoms with Crippen molar-refractivity contribution in [2.45, 2.75) is 40.3 Å². The number of hydrogen-bond acceptors (Lipinski definition) is 3. The highest BCUT2D eigenvalue weighted by Gasteiger charge is 2.23. The van der Waals surface area contributed by atoms with Crippen molar-refractivity contribution in [1.29, 1.82) is 0 Å². The van der Waals surface area contributed by atoms with Gasteiger partial charge in [0.25, 0.3) is 0 Å². The fourth-order valence-corrected chi connectivity index (χ4v) is 3.68. The average molecular weight is 314 g/mol. The van der Waals surface area contributed by atoms with E-state index in [4.69, 9.17) is 4.74 Å². The van der Waals surface area contributed by atoms with E-state index < -0.39 is 0 Å². The van der Waals surface area contributed by atoms with Crippen LogP contribution in [0.2, 0.25) is 0 Å². The number of aromatic nitrogens is 1. The lowest BCUT2D eigenvalue weighted by Crippen LogP contribution is -2.15. The highest BCUT2D eigenvalue weighted by atomic mass is 16.5. The topological polar surface area (TPSA) is 34.5 Å². The molecule has 124 valence electrons. The van der Waals surface area contributed by atoms with Gasteiger partial charge in [-0.1, -0.05) is 13.8 Å². The molecule has 23 heavy (non-hydrogen) atoms. The maximum Gasteiger partial charge on any atom is 0.308 e. The molecule has 0 saturated carbocycles. The summed E-state index contributed by atoms with van der Waals surface area (Å²) >= 11 is 0. The third kappa shape index (κ3) is 2.65. The molecule has 0 saturated heterocycles. The van der Waals surface area contributed by atoms with E-state index in [2.05, 4.69) is 42.5 Å². The zero-order valence-electron chi connectivity index (χ0n) is 14.8. The fraction of sp³-hybridized carbons (Fsp3) is 0.526. The molecule has 2 heterocycles. The molecule has 0 aliphatic carbocycles. The van der Waals surface area contributed by atoms with E-state index in [0.717, 1.165) is 26.1 Å². The zero-order valence-corrected chi connectivity index (χ0v) is 14.8. The fourth-order valence-electron chi connectivity index (χ4n) is 3.68. The van der Waals surface area contributed by atoms with E-state index in [1.807, 2.05) is 6.92 Å². The monoisotopic (exact) mass is 314 g/mol. The summed E-state index contributed by atoms with van der Waals surface area (Å²) in [4.78, 5) is 14.3. The van der Waals surface area contributed by atoms with Gasteiger partial charge in [0.2, 0.25) is 0 Å². The van der Waals surface area contributed by atoms with Crippen LogP contribution in [0, 0.1) is 12.8 Å². The van der Waals surface area contributed by atoms with Crippen molar-refractivity contribution in [2.75, 3.05) is 13.7 Å². The molecule has 1 aromatic carbocycles. The maximum atomic E-state index is 11.8. The van der Waals surface area contributed by atoms with Gasteiger partial charge in [-0.3, -0.25) is 9.69 Å². The number of benzene rings is 1. The molecular formula is C19H26N2O2. The number of fused-ring (bicyclic) bond motifs is 2. The van der Waals surface area contributed by atoms with Crippen molar-refractivity contribution in [3.8, 4) is 0 Å². The first-order valence-electron chi connectivity index (χ1n) is 8.36. The van der Waals surface area contributed by atoms with Crippen LogP contribution in [0.3, 0.4) is 0 Å². The van der Waals surface area contributed by atoms with Crippen LogP contribution >= 0.6 is 0 Å². The van der Waals surface area contributed by atoms with Gasteiger partial charge in [-0.25, -0.2) is 0 Å². The molecule has 1 aliphatic heterocycles. The molecule has 0 spiro atoms. The molecule has 0 fully saturated rings. The zero-order chi connectivity index (χ0) is 16.7. The number of aryl methyl sites for hydroxylation is 1. The van der Waals surface area contributed by atoms with Gasteiger partial charge in [0.15, 0.2) is 0 Å². The minimum atomic E-state index is -0.139. The van der Waals surface area contributed by atoms with Crippen LogP contribution in [-0.2, 0) is 36.1 Å². The summed E-state index contributed by atoms with van der Waals surface area (Å²) < 4.78 is 7.15. The first-order valence-corrected chi connectivity index (χ1v) is 8.36. The molecular weight excluding hydrogens is 288 g/mol. The number of esters is 1. The third-order valence-electron chi connectivity index (χ3n) is 5.29. The molecule has 4 heteroatoms. The standard InChI is InChI=1S/C19H26N2O2/c1-6-21-10-14-8-17-16(7-12(2)19(22)23-5)13(3)20(4)18(17)9-15(14)11-21/h8-9,12H,6-7,10-11H2,1-5H3. The van der Waals surface area contributed by atoms with Gasteiger partial charge in [-0.15, -0.1) is 0 Å². The number of methoxy groups -OCH3 is 1. The van der Waals surface area contributed by atoms with E-state index in [1.165, 1.54) is 40.4 Å². The second-order valence-corrected chi connectivity index (χ2v) is 6.69. The largest absolute Gasteiger partial charge is 0.469 e. The SMILES string of the molecule is CCN1Cc2cc3c(CC(C)C(=O)OC)c(C)n(C)c3cc2C1. The number of hydrogen-bond donors (Lipinski definition) is 0. The summed E-state index contributed by atoms with van der Waals surface area (Å²) in [5.41, 5.74) is 6.65. The Labute approximate surface area is 138 Å². The Morgan fingerprint density at radius 2 is 1.96 bits per heavy atom. The summed E-state index contributed by atoms with van der Waals surface area (Å²) in [6.07, 6.45) is 0.728. The van der Waals surface area contributed by atoms with Gasteiger partial charge in [-0.2, -0.15) is 0 Å². The number of carbonyl (C=O) groups excluding carboxylic acids is 1.